The fraction of sp³-hybridized carbons (Fsp3) is 0.200. The van der Waals surface area contributed by atoms with E-state index in [1.807, 2.05) is 36.4 Å². The molecule has 1 nitrogen and oxygen atoms in total. The van der Waals surface area contributed by atoms with Gasteiger partial charge in [-0.1, -0.05) is 34.1 Å². The molecule has 0 N–H and O–H groups in total. The molecule has 0 aliphatic carbocycles. The first-order valence-electron chi connectivity index (χ1n) is 5.70. The highest BCUT2D eigenvalue weighted by Gasteiger charge is 2.06. The van der Waals surface area contributed by atoms with E-state index in [1.165, 1.54) is 0 Å². The van der Waals surface area contributed by atoms with Crippen molar-refractivity contribution in [1.29, 1.82) is 0 Å². The van der Waals surface area contributed by atoms with Crippen LogP contribution in [0.4, 0.5) is 0 Å². The summed E-state index contributed by atoms with van der Waals surface area (Å²) in [4.78, 5) is 0. The molecule has 2 rings (SSSR count). The van der Waals surface area contributed by atoms with Gasteiger partial charge in [0.1, 0.15) is 11.5 Å². The minimum atomic E-state index is 0.449. The molecule has 0 saturated carbocycles. The number of halogens is 2. The van der Waals surface area contributed by atoms with Crippen LogP contribution in [0.15, 0.2) is 40.9 Å². The van der Waals surface area contributed by atoms with E-state index in [0.29, 0.717) is 5.88 Å². The van der Waals surface area contributed by atoms with Crippen molar-refractivity contribution in [1.82, 2.24) is 0 Å². The summed E-state index contributed by atoms with van der Waals surface area (Å²) in [5, 5.41) is 0. The molecular weight excluding hydrogens is 312 g/mol. The zero-order valence-corrected chi connectivity index (χ0v) is 12.7. The molecule has 18 heavy (non-hydrogen) atoms. The SMILES string of the molecule is Cc1cc(Oc2ccccc2CCl)cc(C)c1Br. The molecule has 0 saturated heterocycles. The van der Waals surface area contributed by atoms with Crippen molar-refractivity contribution in [2.75, 3.05) is 0 Å². The average molecular weight is 326 g/mol. The van der Waals surface area contributed by atoms with Crippen LogP contribution < -0.4 is 4.74 Å². The first-order valence-corrected chi connectivity index (χ1v) is 7.03. The van der Waals surface area contributed by atoms with Gasteiger partial charge in [-0.15, -0.1) is 11.6 Å². The number of rotatable bonds is 3. The van der Waals surface area contributed by atoms with Gasteiger partial charge in [0.05, 0.1) is 5.88 Å². The van der Waals surface area contributed by atoms with Gasteiger partial charge in [0, 0.05) is 10.0 Å². The van der Waals surface area contributed by atoms with Gasteiger partial charge in [0.15, 0.2) is 0 Å². The van der Waals surface area contributed by atoms with Crippen molar-refractivity contribution in [3.8, 4) is 11.5 Å². The largest absolute Gasteiger partial charge is 0.457 e. The van der Waals surface area contributed by atoms with Crippen molar-refractivity contribution in [3.05, 3.63) is 57.6 Å². The zero-order chi connectivity index (χ0) is 13.1. The highest BCUT2D eigenvalue weighted by molar-refractivity contribution is 9.10. The maximum atomic E-state index is 5.91. The van der Waals surface area contributed by atoms with Gasteiger partial charge >= 0.3 is 0 Å². The Balaban J connectivity index is 2.34. The number of benzene rings is 2. The van der Waals surface area contributed by atoms with E-state index in [-0.39, 0.29) is 0 Å². The Hall–Kier alpha value is -0.990. The normalized spacial score (nSPS) is 10.4. The lowest BCUT2D eigenvalue weighted by Gasteiger charge is -2.12. The summed E-state index contributed by atoms with van der Waals surface area (Å²) in [5.41, 5.74) is 3.32. The van der Waals surface area contributed by atoms with Crippen molar-refractivity contribution in [2.24, 2.45) is 0 Å². The van der Waals surface area contributed by atoms with E-state index in [0.717, 1.165) is 32.7 Å². The monoisotopic (exact) mass is 324 g/mol. The second-order valence-corrected chi connectivity index (χ2v) is 5.27. The molecular formula is C15H14BrClO. The molecule has 0 aliphatic rings. The van der Waals surface area contributed by atoms with E-state index < -0.39 is 0 Å². The van der Waals surface area contributed by atoms with Gasteiger partial charge in [0.25, 0.3) is 0 Å². The molecule has 0 heterocycles. The molecule has 94 valence electrons. The third kappa shape index (κ3) is 2.88. The molecule has 0 atom stereocenters. The van der Waals surface area contributed by atoms with Gasteiger partial charge < -0.3 is 4.74 Å². The van der Waals surface area contributed by atoms with Crippen LogP contribution in [0.3, 0.4) is 0 Å². The van der Waals surface area contributed by atoms with E-state index in [1.54, 1.807) is 0 Å². The molecule has 0 radical (unpaired) electrons. The van der Waals surface area contributed by atoms with Crippen LogP contribution in [0, 0.1) is 13.8 Å². The van der Waals surface area contributed by atoms with E-state index in [9.17, 15) is 0 Å². The molecule has 0 unspecified atom stereocenters. The van der Waals surface area contributed by atoms with E-state index in [2.05, 4.69) is 29.8 Å². The Labute approximate surface area is 121 Å². The number of hydrogen-bond donors (Lipinski definition) is 0. The van der Waals surface area contributed by atoms with Crippen LogP contribution >= 0.6 is 27.5 Å². The molecule has 0 bridgehead atoms. The lowest BCUT2D eigenvalue weighted by atomic mass is 10.1. The van der Waals surface area contributed by atoms with Crippen molar-refractivity contribution >= 4 is 27.5 Å². The molecule has 0 amide bonds. The average Bonchev–Trinajstić information content (AvgIpc) is 2.36. The van der Waals surface area contributed by atoms with Crippen LogP contribution in [0.25, 0.3) is 0 Å². The Bertz CT molecular complexity index is 543. The van der Waals surface area contributed by atoms with Crippen LogP contribution in [0.2, 0.25) is 0 Å². The standard InChI is InChI=1S/C15H14BrClO/c1-10-7-13(8-11(2)15(10)16)18-14-6-4-3-5-12(14)9-17/h3-8H,9H2,1-2H3. The molecule has 0 fully saturated rings. The van der Waals surface area contributed by atoms with Crippen LogP contribution in [0.5, 0.6) is 11.5 Å². The maximum Gasteiger partial charge on any atom is 0.131 e. The van der Waals surface area contributed by atoms with Gasteiger partial charge in [-0.25, -0.2) is 0 Å². The molecule has 0 spiro atoms. The quantitative estimate of drug-likeness (QED) is 0.668. The number of ether oxygens (including phenoxy) is 1. The second kappa shape index (κ2) is 5.77. The Morgan fingerprint density at radius 3 is 2.33 bits per heavy atom. The highest BCUT2D eigenvalue weighted by atomic mass is 79.9. The van der Waals surface area contributed by atoms with Crippen molar-refractivity contribution in [3.63, 3.8) is 0 Å². The van der Waals surface area contributed by atoms with Crippen molar-refractivity contribution < 1.29 is 4.74 Å². The summed E-state index contributed by atoms with van der Waals surface area (Å²) in [5.74, 6) is 2.10. The first-order chi connectivity index (χ1) is 8.61. The number of para-hydroxylation sites is 1. The summed E-state index contributed by atoms with van der Waals surface area (Å²) in [6.45, 7) is 4.11. The zero-order valence-electron chi connectivity index (χ0n) is 10.3. The summed E-state index contributed by atoms with van der Waals surface area (Å²) < 4.78 is 7.04. The third-order valence-corrected chi connectivity index (χ3v) is 4.29. The second-order valence-electron chi connectivity index (χ2n) is 4.21. The molecule has 0 aliphatic heterocycles. The van der Waals surface area contributed by atoms with Gasteiger partial charge in [-0.05, 0) is 43.2 Å². The predicted octanol–water partition coefficient (Wildman–Crippen LogP) is 5.60. The molecule has 2 aromatic carbocycles. The summed E-state index contributed by atoms with van der Waals surface area (Å²) >= 11 is 9.45. The smallest absolute Gasteiger partial charge is 0.131 e. The minimum Gasteiger partial charge on any atom is -0.457 e. The summed E-state index contributed by atoms with van der Waals surface area (Å²) in [6, 6.07) is 11.8. The molecule has 3 heteroatoms. The predicted molar refractivity (Wildman–Crippen MR) is 79.7 cm³/mol. The summed E-state index contributed by atoms with van der Waals surface area (Å²) in [6.07, 6.45) is 0. The highest BCUT2D eigenvalue weighted by Crippen LogP contribution is 2.31. The maximum absolute atomic E-state index is 5.91. The Morgan fingerprint density at radius 1 is 1.11 bits per heavy atom. The van der Waals surface area contributed by atoms with Crippen LogP contribution in [-0.4, -0.2) is 0 Å². The Kier molecular flexibility index (Phi) is 4.31. The minimum absolute atomic E-state index is 0.449. The van der Waals surface area contributed by atoms with E-state index in [4.69, 9.17) is 16.3 Å². The molecule has 0 aromatic heterocycles. The lowest BCUT2D eigenvalue weighted by Crippen LogP contribution is -1.91. The third-order valence-electron chi connectivity index (χ3n) is 2.75. The fourth-order valence-electron chi connectivity index (χ4n) is 1.81. The first kappa shape index (κ1) is 13.4. The number of alkyl halides is 1. The van der Waals surface area contributed by atoms with Crippen molar-refractivity contribution in [2.45, 2.75) is 19.7 Å². The van der Waals surface area contributed by atoms with Crippen LogP contribution in [0.1, 0.15) is 16.7 Å². The molecule has 2 aromatic rings. The lowest BCUT2D eigenvalue weighted by molar-refractivity contribution is 0.477. The fourth-order valence-corrected chi connectivity index (χ4v) is 2.26. The van der Waals surface area contributed by atoms with Crippen LogP contribution in [-0.2, 0) is 5.88 Å². The summed E-state index contributed by atoms with van der Waals surface area (Å²) in [7, 11) is 0. The number of aryl methyl sites for hydroxylation is 2. The van der Waals surface area contributed by atoms with Gasteiger partial charge in [-0.2, -0.15) is 0 Å². The Morgan fingerprint density at radius 2 is 1.72 bits per heavy atom. The topological polar surface area (TPSA) is 9.23 Å². The number of hydrogen-bond acceptors (Lipinski definition) is 1. The van der Waals surface area contributed by atoms with Gasteiger partial charge in [-0.3, -0.25) is 0 Å². The van der Waals surface area contributed by atoms with E-state index >= 15 is 0 Å². The van der Waals surface area contributed by atoms with Gasteiger partial charge in [0.2, 0.25) is 0 Å².